The molecule has 0 unspecified atom stereocenters. The van der Waals surface area contributed by atoms with E-state index in [0.717, 1.165) is 18.1 Å². The molecule has 2 aromatic rings. The van der Waals surface area contributed by atoms with Gasteiger partial charge in [0.05, 0.1) is 0 Å². The Balaban J connectivity index is 2.18. The summed E-state index contributed by atoms with van der Waals surface area (Å²) in [5, 5.41) is 28.6. The van der Waals surface area contributed by atoms with Crippen LogP contribution in [-0.2, 0) is 6.42 Å². The molecule has 0 aromatic heterocycles. The molecule has 5 nitrogen and oxygen atoms in total. The van der Waals surface area contributed by atoms with Crippen molar-refractivity contribution in [2.75, 3.05) is 0 Å². The predicted octanol–water partition coefficient (Wildman–Crippen LogP) is 2.11. The standard InChI is InChI=1S/C20H22O5/c1-19(2,23)17(21)15-9-7-13(8-10-15)11-14-5-4-6-16(12-14)18(22)20(3,24)25/h4-10,12,23-25H,11H2,1-3H3. The van der Waals surface area contributed by atoms with Crippen LogP contribution in [0.3, 0.4) is 0 Å². The molecule has 0 aliphatic heterocycles. The normalized spacial score (nSPS) is 12.1. The first-order valence-electron chi connectivity index (χ1n) is 7.93. The molecule has 0 atom stereocenters. The van der Waals surface area contributed by atoms with Crippen LogP contribution in [-0.4, -0.2) is 38.3 Å². The molecule has 5 heteroatoms. The van der Waals surface area contributed by atoms with E-state index in [1.54, 1.807) is 36.4 Å². The number of Topliss-reactive ketones (excluding diaryl/α,β-unsaturated/α-hetero) is 2. The molecule has 3 N–H and O–H groups in total. The van der Waals surface area contributed by atoms with Crippen molar-refractivity contribution in [1.29, 1.82) is 0 Å². The van der Waals surface area contributed by atoms with Crippen LogP contribution in [0, 0.1) is 0 Å². The minimum absolute atomic E-state index is 0.221. The second kappa shape index (κ2) is 6.88. The Morgan fingerprint density at radius 1 is 0.800 bits per heavy atom. The Bertz CT molecular complexity index is 777. The minimum atomic E-state index is -2.41. The third kappa shape index (κ3) is 4.82. The Morgan fingerprint density at radius 2 is 1.40 bits per heavy atom. The maximum atomic E-state index is 12.0. The van der Waals surface area contributed by atoms with E-state index in [1.807, 2.05) is 6.07 Å². The molecule has 0 fully saturated rings. The number of aliphatic hydroxyl groups is 3. The van der Waals surface area contributed by atoms with Crippen LogP contribution in [0.5, 0.6) is 0 Å². The molecular formula is C20H22O5. The van der Waals surface area contributed by atoms with Crippen LogP contribution < -0.4 is 0 Å². The molecule has 0 saturated carbocycles. The third-order valence-electron chi connectivity index (χ3n) is 3.80. The number of ketones is 2. The van der Waals surface area contributed by atoms with Gasteiger partial charge in [-0.25, -0.2) is 0 Å². The van der Waals surface area contributed by atoms with Crippen molar-refractivity contribution in [3.05, 3.63) is 70.8 Å². The van der Waals surface area contributed by atoms with E-state index in [-0.39, 0.29) is 11.3 Å². The van der Waals surface area contributed by atoms with Crippen LogP contribution in [0.4, 0.5) is 0 Å². The van der Waals surface area contributed by atoms with E-state index in [4.69, 9.17) is 0 Å². The highest BCUT2D eigenvalue weighted by Crippen LogP contribution is 2.18. The first kappa shape index (κ1) is 19.0. The number of hydrogen-bond donors (Lipinski definition) is 3. The summed E-state index contributed by atoms with van der Waals surface area (Å²) in [4.78, 5) is 23.9. The second-order valence-electron chi connectivity index (χ2n) is 6.81. The summed E-state index contributed by atoms with van der Waals surface area (Å²) in [7, 11) is 0. The maximum Gasteiger partial charge on any atom is 0.225 e. The lowest BCUT2D eigenvalue weighted by molar-refractivity contribution is -0.106. The summed E-state index contributed by atoms with van der Waals surface area (Å²) in [5.74, 6) is -3.52. The average molecular weight is 342 g/mol. The lowest BCUT2D eigenvalue weighted by atomic mass is 9.94. The Labute approximate surface area is 146 Å². The van der Waals surface area contributed by atoms with E-state index in [0.29, 0.717) is 12.0 Å². The molecule has 0 aliphatic carbocycles. The largest absolute Gasteiger partial charge is 0.382 e. The smallest absolute Gasteiger partial charge is 0.225 e. The fraction of sp³-hybridized carbons (Fsp3) is 0.300. The summed E-state index contributed by atoms with van der Waals surface area (Å²) >= 11 is 0. The molecule has 132 valence electrons. The SMILES string of the molecule is CC(C)(O)C(=O)c1ccc(Cc2cccc(C(=O)C(C)(O)O)c2)cc1. The molecule has 2 aromatic carbocycles. The first-order valence-corrected chi connectivity index (χ1v) is 7.93. The third-order valence-corrected chi connectivity index (χ3v) is 3.80. The zero-order valence-corrected chi connectivity index (χ0v) is 14.5. The molecule has 0 spiro atoms. The zero-order chi connectivity index (χ0) is 18.8. The number of benzene rings is 2. The van der Waals surface area contributed by atoms with Crippen molar-refractivity contribution in [1.82, 2.24) is 0 Å². The fourth-order valence-corrected chi connectivity index (χ4v) is 2.46. The number of carbonyl (C=O) groups is 2. The summed E-state index contributed by atoms with van der Waals surface area (Å²) in [6.45, 7) is 3.92. The fourth-order valence-electron chi connectivity index (χ4n) is 2.46. The highest BCUT2D eigenvalue weighted by Gasteiger charge is 2.28. The van der Waals surface area contributed by atoms with Crippen molar-refractivity contribution < 1.29 is 24.9 Å². The molecule has 25 heavy (non-hydrogen) atoms. The van der Waals surface area contributed by atoms with E-state index in [2.05, 4.69) is 0 Å². The van der Waals surface area contributed by atoms with Gasteiger partial charge in [0.1, 0.15) is 5.60 Å². The predicted molar refractivity (Wildman–Crippen MR) is 93.5 cm³/mol. The van der Waals surface area contributed by atoms with Gasteiger partial charge in [0.2, 0.25) is 11.6 Å². The van der Waals surface area contributed by atoms with E-state index < -0.39 is 17.2 Å². The van der Waals surface area contributed by atoms with Gasteiger partial charge in [-0.15, -0.1) is 0 Å². The lowest BCUT2D eigenvalue weighted by Crippen LogP contribution is -2.34. The quantitative estimate of drug-likeness (QED) is 0.552. The second-order valence-corrected chi connectivity index (χ2v) is 6.81. The van der Waals surface area contributed by atoms with Crippen LogP contribution >= 0.6 is 0 Å². The van der Waals surface area contributed by atoms with Gasteiger partial charge >= 0.3 is 0 Å². The van der Waals surface area contributed by atoms with Crippen molar-refractivity contribution in [3.8, 4) is 0 Å². The topological polar surface area (TPSA) is 94.8 Å². The molecular weight excluding hydrogens is 320 g/mol. The molecule has 0 heterocycles. The lowest BCUT2D eigenvalue weighted by Gasteiger charge is -2.16. The Kier molecular flexibility index (Phi) is 5.23. The van der Waals surface area contributed by atoms with Gasteiger partial charge in [0, 0.05) is 11.1 Å². The first-order chi connectivity index (χ1) is 11.5. The Hall–Kier alpha value is -2.34. The zero-order valence-electron chi connectivity index (χ0n) is 14.5. The molecule has 0 amide bonds. The number of carbonyl (C=O) groups excluding carboxylic acids is 2. The highest BCUT2D eigenvalue weighted by atomic mass is 16.5. The average Bonchev–Trinajstić information content (AvgIpc) is 2.53. The summed E-state index contributed by atoms with van der Waals surface area (Å²) < 4.78 is 0. The van der Waals surface area contributed by atoms with Gasteiger partial charge in [0.25, 0.3) is 0 Å². The van der Waals surface area contributed by atoms with Crippen LogP contribution in [0.1, 0.15) is 52.6 Å². The van der Waals surface area contributed by atoms with Crippen LogP contribution in [0.2, 0.25) is 0 Å². The van der Waals surface area contributed by atoms with E-state index in [1.165, 1.54) is 19.9 Å². The summed E-state index contributed by atoms with van der Waals surface area (Å²) in [5.41, 5.74) is 0.983. The molecule has 2 rings (SSSR count). The van der Waals surface area contributed by atoms with Gasteiger partial charge in [0.15, 0.2) is 5.78 Å². The van der Waals surface area contributed by atoms with Crippen molar-refractivity contribution in [2.24, 2.45) is 0 Å². The van der Waals surface area contributed by atoms with Gasteiger partial charge in [-0.05, 0) is 44.4 Å². The minimum Gasteiger partial charge on any atom is -0.382 e. The molecule has 0 bridgehead atoms. The highest BCUT2D eigenvalue weighted by molar-refractivity contribution is 6.02. The van der Waals surface area contributed by atoms with Crippen LogP contribution in [0.15, 0.2) is 48.5 Å². The molecule has 0 saturated heterocycles. The van der Waals surface area contributed by atoms with Gasteiger partial charge in [-0.1, -0.05) is 42.5 Å². The van der Waals surface area contributed by atoms with Gasteiger partial charge in [-0.2, -0.15) is 0 Å². The van der Waals surface area contributed by atoms with Crippen molar-refractivity contribution >= 4 is 11.6 Å². The van der Waals surface area contributed by atoms with Crippen molar-refractivity contribution in [3.63, 3.8) is 0 Å². The van der Waals surface area contributed by atoms with E-state index in [9.17, 15) is 24.9 Å². The number of rotatable bonds is 6. The van der Waals surface area contributed by atoms with Crippen molar-refractivity contribution in [2.45, 2.75) is 38.6 Å². The summed E-state index contributed by atoms with van der Waals surface area (Å²) in [6, 6.07) is 13.5. The van der Waals surface area contributed by atoms with E-state index >= 15 is 0 Å². The summed E-state index contributed by atoms with van der Waals surface area (Å²) in [6.07, 6.45) is 0.520. The van der Waals surface area contributed by atoms with Gasteiger partial charge < -0.3 is 15.3 Å². The maximum absolute atomic E-state index is 12.0. The van der Waals surface area contributed by atoms with Gasteiger partial charge in [-0.3, -0.25) is 9.59 Å². The molecule has 0 aliphatic rings. The monoisotopic (exact) mass is 342 g/mol. The van der Waals surface area contributed by atoms with Crippen LogP contribution in [0.25, 0.3) is 0 Å². The molecule has 0 radical (unpaired) electrons. The number of hydrogen-bond acceptors (Lipinski definition) is 5. The Morgan fingerprint density at radius 3 is 1.92 bits per heavy atom.